The molecule has 0 spiro atoms. The number of benzene rings is 1. The summed E-state index contributed by atoms with van der Waals surface area (Å²) in [5.74, 6) is -0.105. The van der Waals surface area contributed by atoms with E-state index in [-0.39, 0.29) is 6.10 Å². The highest BCUT2D eigenvalue weighted by atomic mass is 16.5. The third-order valence-electron chi connectivity index (χ3n) is 3.10. The average Bonchev–Trinajstić information content (AvgIpc) is 2.43. The maximum atomic E-state index is 10.4. The molecule has 20 heavy (non-hydrogen) atoms. The number of carboxylic acid groups (broad SMARTS) is 1. The van der Waals surface area contributed by atoms with Crippen molar-refractivity contribution in [2.45, 2.75) is 52.1 Å². The van der Waals surface area contributed by atoms with Crippen LogP contribution in [-0.4, -0.2) is 17.2 Å². The first-order valence-corrected chi connectivity index (χ1v) is 7.29. The molecule has 0 saturated carbocycles. The number of unbranched alkanes of at least 4 members (excludes halogenated alkanes) is 3. The fraction of sp³-hybridized carbons (Fsp3) is 0.471. The molecule has 110 valence electrons. The van der Waals surface area contributed by atoms with Gasteiger partial charge in [0.25, 0.3) is 0 Å². The molecule has 0 aliphatic rings. The van der Waals surface area contributed by atoms with Crippen LogP contribution in [0.4, 0.5) is 0 Å². The highest BCUT2D eigenvalue weighted by Gasteiger charge is 2.03. The van der Waals surface area contributed by atoms with Crippen LogP contribution in [0.3, 0.4) is 0 Å². The van der Waals surface area contributed by atoms with Gasteiger partial charge in [0.2, 0.25) is 0 Å². The van der Waals surface area contributed by atoms with Crippen molar-refractivity contribution in [2.75, 3.05) is 0 Å². The molecule has 0 aromatic heterocycles. The zero-order valence-corrected chi connectivity index (χ0v) is 12.3. The molecule has 1 unspecified atom stereocenters. The van der Waals surface area contributed by atoms with Gasteiger partial charge in [0.1, 0.15) is 5.75 Å². The smallest absolute Gasteiger partial charge is 0.328 e. The van der Waals surface area contributed by atoms with Crippen molar-refractivity contribution >= 4 is 12.0 Å². The van der Waals surface area contributed by atoms with Gasteiger partial charge in [-0.1, -0.05) is 38.3 Å². The number of hydrogen-bond acceptors (Lipinski definition) is 2. The van der Waals surface area contributed by atoms with E-state index in [9.17, 15) is 4.79 Å². The van der Waals surface area contributed by atoms with Crippen LogP contribution in [-0.2, 0) is 4.79 Å². The van der Waals surface area contributed by atoms with Crippen LogP contribution >= 0.6 is 0 Å². The summed E-state index contributed by atoms with van der Waals surface area (Å²) < 4.78 is 5.83. The van der Waals surface area contributed by atoms with E-state index in [0.29, 0.717) is 0 Å². The molecule has 1 aromatic rings. The molecule has 1 N–H and O–H groups in total. The topological polar surface area (TPSA) is 46.5 Å². The normalized spacial score (nSPS) is 12.5. The third-order valence-corrected chi connectivity index (χ3v) is 3.10. The van der Waals surface area contributed by atoms with Crippen molar-refractivity contribution < 1.29 is 14.6 Å². The van der Waals surface area contributed by atoms with Gasteiger partial charge in [0.05, 0.1) is 6.10 Å². The molecule has 1 rings (SSSR count). The van der Waals surface area contributed by atoms with Crippen LogP contribution < -0.4 is 4.74 Å². The fourth-order valence-electron chi connectivity index (χ4n) is 1.97. The van der Waals surface area contributed by atoms with E-state index in [4.69, 9.17) is 9.84 Å². The molecule has 0 radical (unpaired) electrons. The first-order chi connectivity index (χ1) is 9.61. The summed E-state index contributed by atoms with van der Waals surface area (Å²) in [5.41, 5.74) is 0.857. The standard InChI is InChI=1S/C17H24O3/c1-3-4-5-6-7-14(2)20-16-11-8-15(9-12-16)10-13-17(18)19/h8-14H,3-7H2,1-2H3,(H,18,19). The van der Waals surface area contributed by atoms with E-state index in [1.807, 2.05) is 24.3 Å². The Hall–Kier alpha value is -1.77. The Morgan fingerprint density at radius 2 is 1.95 bits per heavy atom. The van der Waals surface area contributed by atoms with Crippen LogP contribution in [0.1, 0.15) is 51.5 Å². The number of hydrogen-bond donors (Lipinski definition) is 1. The maximum absolute atomic E-state index is 10.4. The van der Waals surface area contributed by atoms with E-state index in [2.05, 4.69) is 13.8 Å². The lowest BCUT2D eigenvalue weighted by Crippen LogP contribution is -2.11. The molecule has 0 fully saturated rings. The molecule has 0 bridgehead atoms. The Morgan fingerprint density at radius 1 is 1.25 bits per heavy atom. The second kappa shape index (κ2) is 9.18. The van der Waals surface area contributed by atoms with E-state index in [0.717, 1.165) is 23.8 Å². The first kappa shape index (κ1) is 16.3. The van der Waals surface area contributed by atoms with E-state index in [1.165, 1.54) is 25.7 Å². The highest BCUT2D eigenvalue weighted by Crippen LogP contribution is 2.17. The van der Waals surface area contributed by atoms with Crippen molar-refractivity contribution in [3.05, 3.63) is 35.9 Å². The van der Waals surface area contributed by atoms with Crippen LogP contribution in [0.25, 0.3) is 6.08 Å². The van der Waals surface area contributed by atoms with Gasteiger partial charge in [-0.2, -0.15) is 0 Å². The lowest BCUT2D eigenvalue weighted by atomic mass is 10.1. The molecular weight excluding hydrogens is 252 g/mol. The minimum Gasteiger partial charge on any atom is -0.491 e. The van der Waals surface area contributed by atoms with Crippen molar-refractivity contribution in [1.82, 2.24) is 0 Å². The molecule has 0 amide bonds. The molecule has 0 aliphatic heterocycles. The lowest BCUT2D eigenvalue weighted by Gasteiger charge is -2.14. The van der Waals surface area contributed by atoms with Crippen LogP contribution in [0.15, 0.2) is 30.3 Å². The van der Waals surface area contributed by atoms with Crippen LogP contribution in [0, 0.1) is 0 Å². The Morgan fingerprint density at radius 3 is 2.55 bits per heavy atom. The molecule has 0 saturated heterocycles. The van der Waals surface area contributed by atoms with Crippen molar-refractivity contribution in [3.8, 4) is 5.75 Å². The SMILES string of the molecule is CCCCCCC(C)Oc1ccc(C=CC(=O)O)cc1. The van der Waals surface area contributed by atoms with E-state index in [1.54, 1.807) is 6.08 Å². The number of ether oxygens (including phenoxy) is 1. The Bertz CT molecular complexity index is 420. The summed E-state index contributed by atoms with van der Waals surface area (Å²) >= 11 is 0. The zero-order chi connectivity index (χ0) is 14.8. The predicted octanol–water partition coefficient (Wildman–Crippen LogP) is 4.52. The molecule has 0 aliphatic carbocycles. The molecule has 3 heteroatoms. The molecule has 0 heterocycles. The molecule has 1 aromatic carbocycles. The lowest BCUT2D eigenvalue weighted by molar-refractivity contribution is -0.131. The van der Waals surface area contributed by atoms with Crippen molar-refractivity contribution in [1.29, 1.82) is 0 Å². The highest BCUT2D eigenvalue weighted by molar-refractivity contribution is 5.85. The minimum atomic E-state index is -0.939. The summed E-state index contributed by atoms with van der Waals surface area (Å²) in [7, 11) is 0. The fourth-order valence-corrected chi connectivity index (χ4v) is 1.97. The summed E-state index contributed by atoms with van der Waals surface area (Å²) in [6.45, 7) is 4.30. The zero-order valence-electron chi connectivity index (χ0n) is 12.3. The molecule has 1 atom stereocenters. The summed E-state index contributed by atoms with van der Waals surface area (Å²) in [6.07, 6.45) is 9.00. The van der Waals surface area contributed by atoms with Gasteiger partial charge in [-0.05, 0) is 43.5 Å². The van der Waals surface area contributed by atoms with Gasteiger partial charge >= 0.3 is 5.97 Å². The Kier molecular flexibility index (Phi) is 7.48. The van der Waals surface area contributed by atoms with E-state index >= 15 is 0 Å². The summed E-state index contributed by atoms with van der Waals surface area (Å²) in [6, 6.07) is 7.48. The van der Waals surface area contributed by atoms with Crippen molar-refractivity contribution in [2.24, 2.45) is 0 Å². The Balaban J connectivity index is 2.38. The maximum Gasteiger partial charge on any atom is 0.328 e. The largest absolute Gasteiger partial charge is 0.491 e. The predicted molar refractivity (Wildman–Crippen MR) is 82.0 cm³/mol. The summed E-state index contributed by atoms with van der Waals surface area (Å²) in [5, 5.41) is 8.56. The number of carboxylic acids is 1. The second-order valence-electron chi connectivity index (χ2n) is 5.02. The van der Waals surface area contributed by atoms with E-state index < -0.39 is 5.97 Å². The number of rotatable bonds is 9. The van der Waals surface area contributed by atoms with Crippen LogP contribution in [0.5, 0.6) is 5.75 Å². The number of carbonyl (C=O) groups is 1. The quantitative estimate of drug-likeness (QED) is 0.532. The van der Waals surface area contributed by atoms with Crippen LogP contribution in [0.2, 0.25) is 0 Å². The Labute approximate surface area is 121 Å². The monoisotopic (exact) mass is 276 g/mol. The average molecular weight is 276 g/mol. The van der Waals surface area contributed by atoms with Gasteiger partial charge in [0.15, 0.2) is 0 Å². The third kappa shape index (κ3) is 6.98. The summed E-state index contributed by atoms with van der Waals surface area (Å²) in [4.78, 5) is 10.4. The number of aliphatic carboxylic acids is 1. The van der Waals surface area contributed by atoms with Crippen molar-refractivity contribution in [3.63, 3.8) is 0 Å². The first-order valence-electron chi connectivity index (χ1n) is 7.29. The van der Waals surface area contributed by atoms with Gasteiger partial charge in [0, 0.05) is 6.08 Å². The minimum absolute atomic E-state index is 0.215. The molecule has 3 nitrogen and oxygen atoms in total. The molecular formula is C17H24O3. The second-order valence-corrected chi connectivity index (χ2v) is 5.02. The van der Waals surface area contributed by atoms with Gasteiger partial charge in [-0.25, -0.2) is 4.79 Å². The van der Waals surface area contributed by atoms with Gasteiger partial charge < -0.3 is 9.84 Å². The van der Waals surface area contributed by atoms with Gasteiger partial charge in [-0.3, -0.25) is 0 Å². The van der Waals surface area contributed by atoms with Gasteiger partial charge in [-0.15, -0.1) is 0 Å².